The van der Waals surface area contributed by atoms with Crippen LogP contribution in [0.4, 0.5) is 13.2 Å². The molecule has 2 aromatic rings. The van der Waals surface area contributed by atoms with E-state index in [9.17, 15) is 30.0 Å². The molecular weight excluding hydrogens is 379 g/mol. The number of aryl methyl sites for hydroxylation is 1. The standard InChI is InChI=1S/C15H14F3NO4S2/c1-11-7-8-13(24(20,21)12-5-3-2-4-6-12)9-14(11)25(22,23)19-10-15(16,17)18/h2-9,19H,10H2,1H3. The Bertz CT molecular complexity index is 970. The van der Waals surface area contributed by atoms with E-state index in [1.165, 1.54) is 48.0 Å². The lowest BCUT2D eigenvalue weighted by Gasteiger charge is -2.13. The number of alkyl halides is 3. The molecule has 0 aliphatic rings. The average Bonchev–Trinajstić information content (AvgIpc) is 2.53. The Hall–Kier alpha value is -1.91. The number of nitrogens with one attached hydrogen (secondary N) is 1. The van der Waals surface area contributed by atoms with E-state index in [0.29, 0.717) is 0 Å². The zero-order valence-electron chi connectivity index (χ0n) is 12.9. The average molecular weight is 393 g/mol. The summed E-state index contributed by atoms with van der Waals surface area (Å²) in [5.74, 6) is 0. The minimum absolute atomic E-state index is 0.0505. The second-order valence-corrected chi connectivity index (χ2v) is 8.87. The van der Waals surface area contributed by atoms with Crippen LogP contribution < -0.4 is 4.72 Å². The van der Waals surface area contributed by atoms with Crippen molar-refractivity contribution in [1.29, 1.82) is 0 Å². The highest BCUT2D eigenvalue weighted by molar-refractivity contribution is 7.91. The second-order valence-electron chi connectivity index (χ2n) is 5.18. The molecule has 0 unspecified atom stereocenters. The molecule has 0 atom stereocenters. The fourth-order valence-corrected chi connectivity index (χ4v) is 4.69. The lowest BCUT2D eigenvalue weighted by atomic mass is 10.2. The molecule has 5 nitrogen and oxygen atoms in total. The summed E-state index contributed by atoms with van der Waals surface area (Å²) in [6.07, 6.45) is -4.73. The summed E-state index contributed by atoms with van der Waals surface area (Å²) in [6.45, 7) is -0.383. The normalized spacial score (nSPS) is 13.0. The third kappa shape index (κ3) is 4.59. The van der Waals surface area contributed by atoms with E-state index in [-0.39, 0.29) is 15.4 Å². The SMILES string of the molecule is Cc1ccc(S(=O)(=O)c2ccccc2)cc1S(=O)(=O)NCC(F)(F)F. The summed E-state index contributed by atoms with van der Waals surface area (Å²) in [4.78, 5) is -0.893. The van der Waals surface area contributed by atoms with Crippen LogP contribution in [0.2, 0.25) is 0 Å². The molecule has 0 aromatic heterocycles. The minimum Gasteiger partial charge on any atom is -0.219 e. The van der Waals surface area contributed by atoms with Gasteiger partial charge in [0, 0.05) is 0 Å². The van der Waals surface area contributed by atoms with Crippen LogP contribution in [-0.4, -0.2) is 29.6 Å². The van der Waals surface area contributed by atoms with Gasteiger partial charge in [-0.25, -0.2) is 21.6 Å². The molecule has 1 N–H and O–H groups in total. The molecule has 0 spiro atoms. The molecule has 25 heavy (non-hydrogen) atoms. The first-order valence-corrected chi connectivity index (χ1v) is 9.87. The predicted octanol–water partition coefficient (Wildman–Crippen LogP) is 2.67. The molecule has 2 aromatic carbocycles. The Balaban J connectivity index is 2.48. The van der Waals surface area contributed by atoms with Crippen molar-refractivity contribution in [2.24, 2.45) is 0 Å². The van der Waals surface area contributed by atoms with Crippen LogP contribution in [0.15, 0.2) is 63.2 Å². The van der Waals surface area contributed by atoms with E-state index in [4.69, 9.17) is 0 Å². The topological polar surface area (TPSA) is 80.3 Å². The van der Waals surface area contributed by atoms with Gasteiger partial charge in [-0.2, -0.15) is 13.2 Å². The monoisotopic (exact) mass is 393 g/mol. The smallest absolute Gasteiger partial charge is 0.219 e. The number of sulfone groups is 1. The maximum Gasteiger partial charge on any atom is 0.402 e. The highest BCUT2D eigenvalue weighted by atomic mass is 32.2. The number of sulfonamides is 1. The van der Waals surface area contributed by atoms with Gasteiger partial charge < -0.3 is 0 Å². The van der Waals surface area contributed by atoms with Crippen molar-refractivity contribution >= 4 is 19.9 Å². The van der Waals surface area contributed by atoms with Gasteiger partial charge in [0.1, 0.15) is 6.54 Å². The summed E-state index contributed by atoms with van der Waals surface area (Å²) in [5.41, 5.74) is 0.127. The molecular formula is C15H14F3NO4S2. The van der Waals surface area contributed by atoms with Gasteiger partial charge in [0.2, 0.25) is 19.9 Å². The number of rotatable bonds is 5. The molecule has 0 aliphatic carbocycles. The Morgan fingerprint density at radius 3 is 2.08 bits per heavy atom. The van der Waals surface area contributed by atoms with Crippen molar-refractivity contribution in [3.63, 3.8) is 0 Å². The van der Waals surface area contributed by atoms with E-state index < -0.39 is 37.5 Å². The van der Waals surface area contributed by atoms with Gasteiger partial charge in [0.05, 0.1) is 14.7 Å². The number of hydrogen-bond donors (Lipinski definition) is 1. The first-order chi connectivity index (χ1) is 11.4. The largest absolute Gasteiger partial charge is 0.402 e. The van der Waals surface area contributed by atoms with Crippen LogP contribution in [0.5, 0.6) is 0 Å². The molecule has 0 amide bonds. The van der Waals surface area contributed by atoms with Gasteiger partial charge in [-0.15, -0.1) is 0 Å². The summed E-state index contributed by atoms with van der Waals surface area (Å²) in [7, 11) is -8.52. The zero-order valence-corrected chi connectivity index (χ0v) is 14.5. The third-order valence-electron chi connectivity index (χ3n) is 3.28. The maximum atomic E-state index is 12.5. The highest BCUT2D eigenvalue weighted by Gasteiger charge is 2.31. The van der Waals surface area contributed by atoms with Crippen molar-refractivity contribution in [2.75, 3.05) is 6.54 Å². The Morgan fingerprint density at radius 2 is 1.52 bits per heavy atom. The van der Waals surface area contributed by atoms with Gasteiger partial charge in [0.15, 0.2) is 0 Å². The van der Waals surface area contributed by atoms with Crippen molar-refractivity contribution in [2.45, 2.75) is 27.8 Å². The lowest BCUT2D eigenvalue weighted by Crippen LogP contribution is -2.34. The number of hydrogen-bond acceptors (Lipinski definition) is 4. The first kappa shape index (κ1) is 19.4. The molecule has 10 heteroatoms. The zero-order chi connectivity index (χ0) is 18.9. The second kappa shape index (κ2) is 6.77. The van der Waals surface area contributed by atoms with Gasteiger partial charge in [-0.3, -0.25) is 0 Å². The van der Waals surface area contributed by atoms with E-state index in [0.717, 1.165) is 6.07 Å². The lowest BCUT2D eigenvalue weighted by molar-refractivity contribution is -0.121. The third-order valence-corrected chi connectivity index (χ3v) is 6.59. The van der Waals surface area contributed by atoms with Gasteiger partial charge in [-0.1, -0.05) is 24.3 Å². The van der Waals surface area contributed by atoms with Crippen molar-refractivity contribution < 1.29 is 30.0 Å². The molecule has 0 fully saturated rings. The van der Waals surface area contributed by atoms with Crippen molar-refractivity contribution in [3.8, 4) is 0 Å². The summed E-state index contributed by atoms with van der Waals surface area (Å²) in [6, 6.07) is 10.6. The summed E-state index contributed by atoms with van der Waals surface area (Å²) >= 11 is 0. The summed E-state index contributed by atoms with van der Waals surface area (Å²) in [5, 5.41) is 0. The van der Waals surface area contributed by atoms with E-state index in [1.54, 1.807) is 6.07 Å². The fourth-order valence-electron chi connectivity index (χ4n) is 2.03. The van der Waals surface area contributed by atoms with Crippen LogP contribution in [0.3, 0.4) is 0 Å². The summed E-state index contributed by atoms with van der Waals surface area (Å²) < 4.78 is 87.5. The van der Waals surface area contributed by atoms with Crippen molar-refractivity contribution in [1.82, 2.24) is 4.72 Å². The van der Waals surface area contributed by atoms with Gasteiger partial charge in [0.25, 0.3) is 0 Å². The predicted molar refractivity (Wildman–Crippen MR) is 84.3 cm³/mol. The van der Waals surface area contributed by atoms with Crippen molar-refractivity contribution in [3.05, 3.63) is 54.1 Å². The van der Waals surface area contributed by atoms with Gasteiger partial charge in [-0.05, 0) is 36.8 Å². The molecule has 0 saturated heterocycles. The van der Waals surface area contributed by atoms with Crippen LogP contribution in [-0.2, 0) is 19.9 Å². The van der Waals surface area contributed by atoms with Crippen LogP contribution >= 0.6 is 0 Å². The van der Waals surface area contributed by atoms with Crippen LogP contribution in [0, 0.1) is 6.92 Å². The van der Waals surface area contributed by atoms with Crippen LogP contribution in [0.1, 0.15) is 5.56 Å². The Labute approximate surface area is 143 Å². The molecule has 0 bridgehead atoms. The molecule has 0 radical (unpaired) electrons. The quantitative estimate of drug-likeness (QED) is 0.847. The molecule has 136 valence electrons. The van der Waals surface area contributed by atoms with E-state index >= 15 is 0 Å². The first-order valence-electron chi connectivity index (χ1n) is 6.91. The molecule has 0 heterocycles. The van der Waals surface area contributed by atoms with Gasteiger partial charge >= 0.3 is 6.18 Å². The highest BCUT2D eigenvalue weighted by Crippen LogP contribution is 2.25. The number of halogens is 3. The Kier molecular flexibility index (Phi) is 5.26. The molecule has 0 saturated carbocycles. The minimum atomic E-state index is -4.73. The van der Waals surface area contributed by atoms with E-state index in [2.05, 4.69) is 0 Å². The Morgan fingerprint density at radius 1 is 0.920 bits per heavy atom. The molecule has 2 rings (SSSR count). The number of benzene rings is 2. The maximum absolute atomic E-state index is 12.5. The van der Waals surface area contributed by atoms with E-state index in [1.807, 2.05) is 0 Å². The fraction of sp³-hybridized carbons (Fsp3) is 0.200. The molecule has 0 aliphatic heterocycles. The van der Waals surface area contributed by atoms with Crippen LogP contribution in [0.25, 0.3) is 0 Å².